The van der Waals surface area contributed by atoms with E-state index in [1.165, 1.54) is 27.7 Å². The van der Waals surface area contributed by atoms with Gasteiger partial charge in [0.2, 0.25) is 0 Å². The molecule has 2 heterocycles. The van der Waals surface area contributed by atoms with Gasteiger partial charge in [0.1, 0.15) is 0 Å². The topological polar surface area (TPSA) is 4.93 Å². The van der Waals surface area contributed by atoms with E-state index in [4.69, 9.17) is 0 Å². The minimum Gasteiger partial charge on any atom is -0.337 e. The van der Waals surface area contributed by atoms with Gasteiger partial charge in [-0.1, -0.05) is 0 Å². The highest BCUT2D eigenvalue weighted by Gasteiger charge is 2.19. The van der Waals surface area contributed by atoms with E-state index in [2.05, 4.69) is 36.6 Å². The van der Waals surface area contributed by atoms with Crippen LogP contribution in [0.2, 0.25) is 0 Å². The third-order valence-electron chi connectivity index (χ3n) is 2.82. The number of rotatable bonds is 0. The van der Waals surface area contributed by atoms with Gasteiger partial charge in [-0.2, -0.15) is 0 Å². The molecule has 2 aromatic rings. The molecule has 0 radical (unpaired) electrons. The van der Waals surface area contributed by atoms with Crippen molar-refractivity contribution in [2.75, 3.05) is 0 Å². The average Bonchev–Trinajstić information content (AvgIpc) is 2.70. The van der Waals surface area contributed by atoms with E-state index < -0.39 is 0 Å². The summed E-state index contributed by atoms with van der Waals surface area (Å²) < 4.78 is 2.36. The lowest BCUT2D eigenvalue weighted by atomic mass is 10.1. The lowest BCUT2D eigenvalue weighted by Crippen LogP contribution is -1.82. The first-order chi connectivity index (χ1) is 5.75. The predicted octanol–water partition coefficient (Wildman–Crippen LogP) is 2.62. The molecule has 1 aliphatic heterocycles. The van der Waals surface area contributed by atoms with Gasteiger partial charge in [-0.05, 0) is 43.2 Å². The summed E-state index contributed by atoms with van der Waals surface area (Å²) in [5, 5.41) is 1.40. The Morgan fingerprint density at radius 2 is 1.83 bits per heavy atom. The summed E-state index contributed by atoms with van der Waals surface area (Å²) in [4.78, 5) is 0. The van der Waals surface area contributed by atoms with Crippen LogP contribution in [0.5, 0.6) is 0 Å². The van der Waals surface area contributed by atoms with Gasteiger partial charge in [-0.15, -0.1) is 0 Å². The van der Waals surface area contributed by atoms with Crippen LogP contribution in [0.1, 0.15) is 16.8 Å². The van der Waals surface area contributed by atoms with Crippen LogP contribution >= 0.6 is 0 Å². The zero-order valence-corrected chi connectivity index (χ0v) is 7.39. The first-order valence-corrected chi connectivity index (χ1v) is 4.35. The van der Waals surface area contributed by atoms with Gasteiger partial charge in [-0.25, -0.2) is 0 Å². The molecule has 3 rings (SSSR count). The van der Waals surface area contributed by atoms with Crippen LogP contribution in [0.15, 0.2) is 18.2 Å². The second kappa shape index (κ2) is 1.74. The third-order valence-corrected chi connectivity index (χ3v) is 2.82. The maximum atomic E-state index is 2.36. The van der Waals surface area contributed by atoms with Crippen molar-refractivity contribution in [2.45, 2.75) is 20.4 Å². The van der Waals surface area contributed by atoms with Crippen molar-refractivity contribution in [2.24, 2.45) is 0 Å². The molecule has 1 heteroatoms. The summed E-state index contributed by atoms with van der Waals surface area (Å²) in [5.74, 6) is 0. The van der Waals surface area contributed by atoms with E-state index in [1.807, 2.05) is 0 Å². The van der Waals surface area contributed by atoms with Crippen LogP contribution in [0, 0.1) is 13.8 Å². The second-order valence-corrected chi connectivity index (χ2v) is 3.72. The highest BCUT2D eigenvalue weighted by molar-refractivity contribution is 5.85. The molecule has 0 bridgehead atoms. The maximum absolute atomic E-state index is 2.36. The Morgan fingerprint density at radius 1 is 1.08 bits per heavy atom. The highest BCUT2D eigenvalue weighted by Crippen LogP contribution is 2.31. The number of nitrogens with zero attached hydrogens (tertiary/aromatic N) is 1. The summed E-state index contributed by atoms with van der Waals surface area (Å²) in [5.41, 5.74) is 5.69. The summed E-state index contributed by atoms with van der Waals surface area (Å²) in [6, 6.07) is 6.87. The Morgan fingerprint density at radius 3 is 2.67 bits per heavy atom. The van der Waals surface area contributed by atoms with E-state index >= 15 is 0 Å². The smallest absolute Gasteiger partial charge is 0.0632 e. The largest absolute Gasteiger partial charge is 0.337 e. The Hall–Kier alpha value is -1.24. The SMILES string of the molecule is Cc1cc2cc3n(c2cc1C)C3. The van der Waals surface area contributed by atoms with Gasteiger partial charge in [-0.3, -0.25) is 0 Å². The molecule has 0 spiro atoms. The third kappa shape index (κ3) is 0.638. The minimum absolute atomic E-state index is 1.16. The fraction of sp³-hybridized carbons (Fsp3) is 0.273. The molecule has 12 heavy (non-hydrogen) atoms. The number of benzene rings is 1. The number of hydrogen-bond donors (Lipinski definition) is 0. The van der Waals surface area contributed by atoms with Crippen LogP contribution < -0.4 is 0 Å². The quantitative estimate of drug-likeness (QED) is 0.472. The molecule has 0 aliphatic carbocycles. The lowest BCUT2D eigenvalue weighted by Gasteiger charge is -2.00. The lowest BCUT2D eigenvalue weighted by molar-refractivity contribution is 1.17. The molecule has 0 saturated carbocycles. The first kappa shape index (κ1) is 6.30. The van der Waals surface area contributed by atoms with E-state index in [0.717, 1.165) is 6.54 Å². The van der Waals surface area contributed by atoms with Crippen molar-refractivity contribution in [1.82, 2.24) is 4.57 Å². The molecule has 0 atom stereocenters. The summed E-state index contributed by atoms with van der Waals surface area (Å²) in [6.07, 6.45) is 0. The van der Waals surface area contributed by atoms with Crippen LogP contribution in [-0.2, 0) is 6.54 Å². The molecule has 1 aliphatic rings. The van der Waals surface area contributed by atoms with Gasteiger partial charge < -0.3 is 4.57 Å². The average molecular weight is 157 g/mol. The second-order valence-electron chi connectivity index (χ2n) is 3.72. The van der Waals surface area contributed by atoms with E-state index in [-0.39, 0.29) is 0 Å². The number of fused-ring (bicyclic) bond motifs is 3. The number of aryl methyl sites for hydroxylation is 2. The Bertz CT molecular complexity index is 477. The van der Waals surface area contributed by atoms with Crippen LogP contribution in [0.25, 0.3) is 10.9 Å². The fourth-order valence-electron chi connectivity index (χ4n) is 1.84. The summed E-state index contributed by atoms with van der Waals surface area (Å²) >= 11 is 0. The zero-order valence-electron chi connectivity index (χ0n) is 7.39. The summed E-state index contributed by atoms with van der Waals surface area (Å²) in [6.45, 7) is 5.51. The van der Waals surface area contributed by atoms with Gasteiger partial charge in [0.15, 0.2) is 0 Å². The zero-order chi connectivity index (χ0) is 8.29. The first-order valence-electron chi connectivity index (χ1n) is 4.35. The Balaban J connectivity index is 2.47. The van der Waals surface area contributed by atoms with Gasteiger partial charge in [0.25, 0.3) is 0 Å². The minimum atomic E-state index is 1.16. The van der Waals surface area contributed by atoms with Gasteiger partial charge >= 0.3 is 0 Å². The highest BCUT2D eigenvalue weighted by atomic mass is 15.1. The Kier molecular flexibility index (Phi) is 0.912. The monoisotopic (exact) mass is 157 g/mol. The fourth-order valence-corrected chi connectivity index (χ4v) is 1.84. The standard InChI is InChI=1S/C11H11N/c1-7-3-9-5-10-6-12(10)11(9)4-8(7)2/h3-5H,6H2,1-2H3. The molecular weight excluding hydrogens is 146 g/mol. The molecule has 0 N–H and O–H groups in total. The Labute approximate surface area is 71.6 Å². The van der Waals surface area contributed by atoms with E-state index in [1.54, 1.807) is 0 Å². The van der Waals surface area contributed by atoms with E-state index in [0.29, 0.717) is 0 Å². The molecular formula is C11H11N. The molecule has 0 fully saturated rings. The van der Waals surface area contributed by atoms with Gasteiger partial charge in [0, 0.05) is 16.6 Å². The van der Waals surface area contributed by atoms with E-state index in [9.17, 15) is 0 Å². The van der Waals surface area contributed by atoms with Crippen molar-refractivity contribution in [3.05, 3.63) is 35.0 Å². The molecule has 1 nitrogen and oxygen atoms in total. The van der Waals surface area contributed by atoms with Crippen LogP contribution in [-0.4, -0.2) is 4.57 Å². The van der Waals surface area contributed by atoms with Crippen molar-refractivity contribution in [3.63, 3.8) is 0 Å². The van der Waals surface area contributed by atoms with Crippen LogP contribution in [0.3, 0.4) is 0 Å². The van der Waals surface area contributed by atoms with Crippen molar-refractivity contribution >= 4 is 10.9 Å². The summed E-state index contributed by atoms with van der Waals surface area (Å²) in [7, 11) is 0. The van der Waals surface area contributed by atoms with Gasteiger partial charge in [0.05, 0.1) is 6.54 Å². The molecule has 1 aromatic carbocycles. The number of aromatic nitrogens is 1. The molecule has 1 aromatic heterocycles. The molecule has 0 amide bonds. The molecule has 60 valence electrons. The maximum Gasteiger partial charge on any atom is 0.0632 e. The number of hydrogen-bond acceptors (Lipinski definition) is 0. The van der Waals surface area contributed by atoms with Crippen molar-refractivity contribution in [3.8, 4) is 0 Å². The molecule has 0 unspecified atom stereocenters. The normalized spacial score (nSPS) is 13.5. The van der Waals surface area contributed by atoms with Crippen molar-refractivity contribution in [1.29, 1.82) is 0 Å². The predicted molar refractivity (Wildman–Crippen MR) is 50.5 cm³/mol. The van der Waals surface area contributed by atoms with Crippen molar-refractivity contribution < 1.29 is 0 Å². The molecule has 0 saturated heterocycles. The van der Waals surface area contributed by atoms with Crippen LogP contribution in [0.4, 0.5) is 0 Å².